The lowest BCUT2D eigenvalue weighted by molar-refractivity contribution is -0.141. The second-order valence-electron chi connectivity index (χ2n) is 6.68. The summed E-state index contributed by atoms with van der Waals surface area (Å²) in [5.74, 6) is -0.386. The molecular weight excluding hydrogens is 451 g/mol. The predicted octanol–water partition coefficient (Wildman–Crippen LogP) is 3.95. The van der Waals surface area contributed by atoms with Crippen LogP contribution in [0, 0.1) is 5.82 Å². The first-order valence-corrected chi connectivity index (χ1v) is 11.2. The molecule has 1 heterocycles. The van der Waals surface area contributed by atoms with E-state index < -0.39 is 17.7 Å². The number of methoxy groups -OCH3 is 1. The molecule has 0 atom stereocenters. The molecule has 176 valence electrons. The summed E-state index contributed by atoms with van der Waals surface area (Å²) in [6.45, 7) is 6.42. The Balaban J connectivity index is 2.14. The van der Waals surface area contributed by atoms with E-state index in [-0.39, 0.29) is 16.9 Å². The summed E-state index contributed by atoms with van der Waals surface area (Å²) < 4.78 is 37.6. The van der Waals surface area contributed by atoms with Crippen molar-refractivity contribution in [2.45, 2.75) is 27.3 Å². The van der Waals surface area contributed by atoms with Gasteiger partial charge in [0.1, 0.15) is 12.4 Å². The van der Waals surface area contributed by atoms with E-state index in [2.05, 4.69) is 4.99 Å². The number of halogens is 1. The van der Waals surface area contributed by atoms with E-state index in [1.807, 2.05) is 20.8 Å². The number of aromatic nitrogens is 1. The average Bonchev–Trinajstić information content (AvgIpc) is 3.11. The standard InChI is InChI=1S/C23H25FN2O6S/c1-5-30-17-10-14(11-18(31-6-2)21(17)32-7-3)22(28)25-23-26(13-20(27)29-4)16-9-8-15(24)12-19(16)33-23/h8-12H,5-7,13H2,1-4H3. The van der Waals surface area contributed by atoms with Gasteiger partial charge in [-0.05, 0) is 51.1 Å². The van der Waals surface area contributed by atoms with Crippen LogP contribution in [0.3, 0.4) is 0 Å². The number of fused-ring (bicyclic) bond motifs is 1. The zero-order valence-electron chi connectivity index (χ0n) is 18.8. The normalized spacial score (nSPS) is 11.5. The maximum absolute atomic E-state index is 13.7. The Morgan fingerprint density at radius 1 is 1.00 bits per heavy atom. The summed E-state index contributed by atoms with van der Waals surface area (Å²) >= 11 is 1.09. The van der Waals surface area contributed by atoms with E-state index in [0.717, 1.165) is 11.3 Å². The quantitative estimate of drug-likeness (QED) is 0.435. The minimum Gasteiger partial charge on any atom is -0.490 e. The molecule has 2 aromatic carbocycles. The fraction of sp³-hybridized carbons (Fsp3) is 0.348. The van der Waals surface area contributed by atoms with Crippen molar-refractivity contribution >= 4 is 33.4 Å². The summed E-state index contributed by atoms with van der Waals surface area (Å²) in [6, 6.07) is 7.23. The van der Waals surface area contributed by atoms with Gasteiger partial charge in [0.05, 0.1) is 37.1 Å². The van der Waals surface area contributed by atoms with Crippen LogP contribution in [-0.4, -0.2) is 43.4 Å². The Morgan fingerprint density at radius 2 is 1.64 bits per heavy atom. The van der Waals surface area contributed by atoms with Crippen molar-refractivity contribution in [2.75, 3.05) is 26.9 Å². The van der Waals surface area contributed by atoms with Gasteiger partial charge in [-0.15, -0.1) is 0 Å². The summed E-state index contributed by atoms with van der Waals surface area (Å²) in [5, 5.41) is 0. The maximum Gasteiger partial charge on any atom is 0.325 e. The molecule has 0 fully saturated rings. The second kappa shape index (κ2) is 11.0. The van der Waals surface area contributed by atoms with E-state index in [9.17, 15) is 14.0 Å². The highest BCUT2D eigenvalue weighted by molar-refractivity contribution is 7.16. The number of amides is 1. The molecule has 8 nitrogen and oxygen atoms in total. The molecule has 0 saturated heterocycles. The van der Waals surface area contributed by atoms with E-state index >= 15 is 0 Å². The van der Waals surface area contributed by atoms with Gasteiger partial charge < -0.3 is 23.5 Å². The third-order valence-electron chi connectivity index (χ3n) is 4.51. The van der Waals surface area contributed by atoms with Crippen molar-refractivity contribution in [3.05, 3.63) is 46.5 Å². The Kier molecular flexibility index (Phi) is 8.05. The van der Waals surface area contributed by atoms with E-state index in [4.69, 9.17) is 18.9 Å². The summed E-state index contributed by atoms with van der Waals surface area (Å²) in [4.78, 5) is 29.5. The molecule has 0 bridgehead atoms. The van der Waals surface area contributed by atoms with Crippen molar-refractivity contribution in [1.29, 1.82) is 0 Å². The molecule has 0 unspecified atom stereocenters. The van der Waals surface area contributed by atoms with Crippen molar-refractivity contribution in [2.24, 2.45) is 4.99 Å². The van der Waals surface area contributed by atoms with Crippen LogP contribution in [0.2, 0.25) is 0 Å². The number of benzene rings is 2. The van der Waals surface area contributed by atoms with Crippen molar-refractivity contribution in [3.8, 4) is 17.2 Å². The highest BCUT2D eigenvalue weighted by atomic mass is 32.1. The highest BCUT2D eigenvalue weighted by Crippen LogP contribution is 2.39. The molecule has 0 spiro atoms. The second-order valence-corrected chi connectivity index (χ2v) is 7.69. The molecule has 0 aliphatic heterocycles. The zero-order chi connectivity index (χ0) is 24.0. The van der Waals surface area contributed by atoms with Gasteiger partial charge in [0, 0.05) is 5.56 Å². The third kappa shape index (κ3) is 5.51. The maximum atomic E-state index is 13.7. The first kappa shape index (κ1) is 24.2. The molecule has 0 aliphatic carbocycles. The predicted molar refractivity (Wildman–Crippen MR) is 122 cm³/mol. The molecule has 0 N–H and O–H groups in total. The Hall–Kier alpha value is -3.40. The molecule has 0 aliphatic rings. The summed E-state index contributed by atoms with van der Waals surface area (Å²) in [5.41, 5.74) is 0.786. The minimum absolute atomic E-state index is 0.175. The summed E-state index contributed by atoms with van der Waals surface area (Å²) in [7, 11) is 1.27. The van der Waals surface area contributed by atoms with Gasteiger partial charge in [-0.2, -0.15) is 4.99 Å². The third-order valence-corrected chi connectivity index (χ3v) is 5.55. The van der Waals surface area contributed by atoms with Crippen LogP contribution < -0.4 is 19.0 Å². The van der Waals surface area contributed by atoms with Gasteiger partial charge in [-0.1, -0.05) is 11.3 Å². The van der Waals surface area contributed by atoms with E-state index in [0.29, 0.717) is 47.3 Å². The van der Waals surface area contributed by atoms with Crippen LogP contribution in [0.15, 0.2) is 35.3 Å². The molecule has 1 amide bonds. The number of rotatable bonds is 9. The number of hydrogen-bond acceptors (Lipinski definition) is 7. The SMILES string of the molecule is CCOc1cc(C(=O)N=c2sc3cc(F)ccc3n2CC(=O)OC)cc(OCC)c1OCC. The van der Waals surface area contributed by atoms with Gasteiger partial charge >= 0.3 is 5.97 Å². The molecule has 10 heteroatoms. The van der Waals surface area contributed by atoms with Crippen LogP contribution in [0.4, 0.5) is 4.39 Å². The highest BCUT2D eigenvalue weighted by Gasteiger charge is 2.19. The smallest absolute Gasteiger partial charge is 0.325 e. The van der Waals surface area contributed by atoms with Crippen LogP contribution in [0.1, 0.15) is 31.1 Å². The zero-order valence-corrected chi connectivity index (χ0v) is 19.7. The number of hydrogen-bond donors (Lipinski definition) is 0. The van der Waals surface area contributed by atoms with Crippen molar-refractivity contribution in [1.82, 2.24) is 4.57 Å². The largest absolute Gasteiger partial charge is 0.490 e. The lowest BCUT2D eigenvalue weighted by Gasteiger charge is -2.16. The Bertz CT molecular complexity index is 1210. The number of nitrogens with zero attached hydrogens (tertiary/aromatic N) is 2. The van der Waals surface area contributed by atoms with Crippen LogP contribution in [0.5, 0.6) is 17.2 Å². The molecule has 1 aromatic heterocycles. The number of thiazole rings is 1. The fourth-order valence-electron chi connectivity index (χ4n) is 3.14. The number of carbonyl (C=O) groups excluding carboxylic acids is 2. The number of esters is 1. The van der Waals surface area contributed by atoms with Crippen LogP contribution in [-0.2, 0) is 16.1 Å². The van der Waals surface area contributed by atoms with Gasteiger partial charge in [0.15, 0.2) is 16.3 Å². The van der Waals surface area contributed by atoms with Crippen molar-refractivity contribution in [3.63, 3.8) is 0 Å². The van der Waals surface area contributed by atoms with Crippen LogP contribution in [0.25, 0.3) is 10.2 Å². The van der Waals surface area contributed by atoms with Gasteiger partial charge in [-0.25, -0.2) is 4.39 Å². The average molecular weight is 477 g/mol. The monoisotopic (exact) mass is 476 g/mol. The van der Waals surface area contributed by atoms with E-state index in [1.54, 1.807) is 12.1 Å². The molecular formula is C23H25FN2O6S. The fourth-order valence-corrected chi connectivity index (χ4v) is 4.20. The van der Waals surface area contributed by atoms with Gasteiger partial charge in [0.25, 0.3) is 5.91 Å². The number of carbonyl (C=O) groups is 2. The number of ether oxygens (including phenoxy) is 4. The van der Waals surface area contributed by atoms with Gasteiger partial charge in [-0.3, -0.25) is 9.59 Å². The van der Waals surface area contributed by atoms with E-state index in [1.165, 1.54) is 29.9 Å². The summed E-state index contributed by atoms with van der Waals surface area (Å²) in [6.07, 6.45) is 0. The molecule has 33 heavy (non-hydrogen) atoms. The Labute approximate surface area is 194 Å². The minimum atomic E-state index is -0.578. The van der Waals surface area contributed by atoms with Crippen molar-refractivity contribution < 1.29 is 32.9 Å². The lowest BCUT2D eigenvalue weighted by Crippen LogP contribution is -2.22. The molecule has 0 saturated carbocycles. The van der Waals surface area contributed by atoms with Crippen LogP contribution >= 0.6 is 11.3 Å². The molecule has 0 radical (unpaired) electrons. The Morgan fingerprint density at radius 3 is 2.21 bits per heavy atom. The van der Waals surface area contributed by atoms with Gasteiger partial charge in [0.2, 0.25) is 5.75 Å². The first-order valence-electron chi connectivity index (χ1n) is 10.4. The topological polar surface area (TPSA) is 88.4 Å². The molecule has 3 rings (SSSR count). The first-order chi connectivity index (χ1) is 15.9. The molecule has 3 aromatic rings. The lowest BCUT2D eigenvalue weighted by atomic mass is 10.1.